The van der Waals surface area contributed by atoms with Crippen molar-refractivity contribution in [3.05, 3.63) is 11.6 Å². The standard InChI is InChI=1S/C10H20O3Si/c1-9-5-7-10(8-6-9)14(11-2,12-3)13-4/h5,10H,6-8H2,1-4H3. The van der Waals surface area contributed by atoms with E-state index in [1.807, 2.05) is 0 Å². The predicted molar refractivity (Wildman–Crippen MR) is 58.1 cm³/mol. The van der Waals surface area contributed by atoms with Gasteiger partial charge in [-0.05, 0) is 26.2 Å². The highest BCUT2D eigenvalue weighted by molar-refractivity contribution is 6.62. The molecule has 1 unspecified atom stereocenters. The van der Waals surface area contributed by atoms with Gasteiger partial charge in [-0.25, -0.2) is 0 Å². The molecule has 0 heterocycles. The van der Waals surface area contributed by atoms with Crippen LogP contribution in [0.5, 0.6) is 0 Å². The second-order valence-corrected chi connectivity index (χ2v) is 6.99. The summed E-state index contributed by atoms with van der Waals surface area (Å²) in [7, 11) is 2.66. The van der Waals surface area contributed by atoms with Gasteiger partial charge < -0.3 is 13.3 Å². The SMILES string of the molecule is CO[Si](OC)(OC)C1CC=C(C)CC1. The van der Waals surface area contributed by atoms with Gasteiger partial charge in [-0.15, -0.1) is 0 Å². The molecule has 1 atom stereocenters. The van der Waals surface area contributed by atoms with Crippen molar-refractivity contribution in [1.82, 2.24) is 0 Å². The number of hydrogen-bond acceptors (Lipinski definition) is 3. The molecule has 0 fully saturated rings. The maximum absolute atomic E-state index is 5.48. The molecule has 0 aromatic heterocycles. The molecule has 0 bridgehead atoms. The van der Waals surface area contributed by atoms with Gasteiger partial charge in [-0.2, -0.15) is 0 Å². The van der Waals surface area contributed by atoms with Crippen LogP contribution < -0.4 is 0 Å². The first kappa shape index (κ1) is 11.9. The van der Waals surface area contributed by atoms with Crippen LogP contribution in [0.15, 0.2) is 11.6 Å². The molecule has 0 amide bonds. The smallest absolute Gasteiger partial charge is 0.377 e. The minimum Gasteiger partial charge on any atom is -0.377 e. The second-order valence-electron chi connectivity index (χ2n) is 3.74. The van der Waals surface area contributed by atoms with Gasteiger partial charge in [0.25, 0.3) is 0 Å². The Bertz CT molecular complexity index is 203. The maximum Gasteiger partial charge on any atom is 0.503 e. The molecular weight excluding hydrogens is 196 g/mol. The zero-order chi connectivity index (χ0) is 10.6. The lowest BCUT2D eigenvalue weighted by Gasteiger charge is -2.33. The first-order valence-corrected chi connectivity index (χ1v) is 6.79. The Balaban J connectivity index is 2.70. The third-order valence-electron chi connectivity index (χ3n) is 2.99. The Kier molecular flexibility index (Phi) is 4.31. The van der Waals surface area contributed by atoms with E-state index in [1.165, 1.54) is 5.57 Å². The summed E-state index contributed by atoms with van der Waals surface area (Å²) in [5.41, 5.74) is 1.89. The van der Waals surface area contributed by atoms with Crippen LogP contribution >= 0.6 is 0 Å². The van der Waals surface area contributed by atoms with E-state index in [0.29, 0.717) is 5.54 Å². The summed E-state index contributed by atoms with van der Waals surface area (Å²) in [6.45, 7) is 2.17. The van der Waals surface area contributed by atoms with E-state index in [2.05, 4.69) is 13.0 Å². The van der Waals surface area contributed by atoms with Gasteiger partial charge in [-0.3, -0.25) is 0 Å². The Labute approximate surface area is 87.4 Å². The first-order chi connectivity index (χ1) is 6.68. The largest absolute Gasteiger partial charge is 0.503 e. The van der Waals surface area contributed by atoms with Crippen LogP contribution in [-0.4, -0.2) is 30.1 Å². The molecule has 0 N–H and O–H groups in total. The van der Waals surface area contributed by atoms with Crippen molar-refractivity contribution in [2.75, 3.05) is 21.3 Å². The molecule has 4 heteroatoms. The Morgan fingerprint density at radius 3 is 2.14 bits per heavy atom. The summed E-state index contributed by atoms with van der Waals surface area (Å²) in [5.74, 6) is 0. The molecule has 1 rings (SSSR count). The lowest BCUT2D eigenvalue weighted by Crippen LogP contribution is -2.48. The quantitative estimate of drug-likeness (QED) is 0.533. The molecule has 14 heavy (non-hydrogen) atoms. The summed E-state index contributed by atoms with van der Waals surface area (Å²) in [4.78, 5) is 0. The van der Waals surface area contributed by atoms with Gasteiger partial charge in [0.15, 0.2) is 0 Å². The van der Waals surface area contributed by atoms with Crippen molar-refractivity contribution in [3.8, 4) is 0 Å². The average molecular weight is 216 g/mol. The fourth-order valence-corrected chi connectivity index (χ4v) is 4.44. The van der Waals surface area contributed by atoms with E-state index < -0.39 is 8.80 Å². The van der Waals surface area contributed by atoms with Crippen LogP contribution in [-0.2, 0) is 13.3 Å². The summed E-state index contributed by atoms with van der Waals surface area (Å²) in [6, 6.07) is 0. The van der Waals surface area contributed by atoms with Crippen molar-refractivity contribution in [2.24, 2.45) is 0 Å². The van der Waals surface area contributed by atoms with Gasteiger partial charge in [-0.1, -0.05) is 11.6 Å². The van der Waals surface area contributed by atoms with Gasteiger partial charge in [0.05, 0.1) is 0 Å². The molecule has 1 aliphatic rings. The number of allylic oxidation sites excluding steroid dienone is 2. The van der Waals surface area contributed by atoms with E-state index in [9.17, 15) is 0 Å². The first-order valence-electron chi connectivity index (χ1n) is 4.99. The lowest BCUT2D eigenvalue weighted by molar-refractivity contribution is 0.109. The molecule has 0 spiro atoms. The average Bonchev–Trinajstić information content (AvgIpc) is 2.24. The van der Waals surface area contributed by atoms with Crippen molar-refractivity contribution < 1.29 is 13.3 Å². The maximum atomic E-state index is 5.48. The molecule has 3 nitrogen and oxygen atoms in total. The molecule has 0 radical (unpaired) electrons. The minimum atomic E-state index is -2.39. The normalized spacial score (nSPS) is 23.4. The minimum absolute atomic E-state index is 0.422. The van der Waals surface area contributed by atoms with Crippen molar-refractivity contribution in [2.45, 2.75) is 31.7 Å². The topological polar surface area (TPSA) is 27.7 Å². The zero-order valence-corrected chi connectivity index (χ0v) is 10.5. The highest BCUT2D eigenvalue weighted by Gasteiger charge is 2.46. The third-order valence-corrected chi connectivity index (χ3v) is 6.22. The van der Waals surface area contributed by atoms with Gasteiger partial charge in [0.1, 0.15) is 0 Å². The molecular formula is C10H20O3Si. The van der Waals surface area contributed by atoms with Gasteiger partial charge in [0.2, 0.25) is 0 Å². The van der Waals surface area contributed by atoms with E-state index in [1.54, 1.807) is 21.3 Å². The Morgan fingerprint density at radius 1 is 1.21 bits per heavy atom. The zero-order valence-electron chi connectivity index (χ0n) is 9.50. The number of rotatable bonds is 4. The highest BCUT2D eigenvalue weighted by Crippen LogP contribution is 2.36. The molecule has 0 aromatic rings. The fraction of sp³-hybridized carbons (Fsp3) is 0.800. The lowest BCUT2D eigenvalue weighted by atomic mass is 10.0. The van der Waals surface area contributed by atoms with E-state index in [-0.39, 0.29) is 0 Å². The highest BCUT2D eigenvalue weighted by atomic mass is 28.4. The molecule has 82 valence electrons. The monoisotopic (exact) mass is 216 g/mol. The molecule has 0 aliphatic heterocycles. The van der Waals surface area contributed by atoms with Crippen LogP contribution in [0, 0.1) is 0 Å². The van der Waals surface area contributed by atoms with E-state index >= 15 is 0 Å². The molecule has 1 aliphatic carbocycles. The molecule has 0 saturated carbocycles. The van der Waals surface area contributed by atoms with Crippen molar-refractivity contribution in [1.29, 1.82) is 0 Å². The van der Waals surface area contributed by atoms with Crippen LogP contribution in [0.1, 0.15) is 26.2 Å². The fourth-order valence-electron chi connectivity index (χ4n) is 2.04. The molecule has 0 aromatic carbocycles. The predicted octanol–water partition coefficient (Wildman–Crippen LogP) is 2.36. The van der Waals surface area contributed by atoms with E-state index in [4.69, 9.17) is 13.3 Å². The summed E-state index contributed by atoms with van der Waals surface area (Å²) >= 11 is 0. The Hall–Kier alpha value is -0.163. The van der Waals surface area contributed by atoms with Crippen molar-refractivity contribution >= 4 is 8.80 Å². The van der Waals surface area contributed by atoms with E-state index in [0.717, 1.165) is 19.3 Å². The number of hydrogen-bond donors (Lipinski definition) is 0. The van der Waals surface area contributed by atoms with Crippen LogP contribution in [0.25, 0.3) is 0 Å². The summed E-state index contributed by atoms with van der Waals surface area (Å²) in [6.07, 6.45) is 5.54. The Morgan fingerprint density at radius 2 is 1.79 bits per heavy atom. The van der Waals surface area contributed by atoms with Gasteiger partial charge >= 0.3 is 8.80 Å². The van der Waals surface area contributed by atoms with Gasteiger partial charge in [0, 0.05) is 26.9 Å². The summed E-state index contributed by atoms with van der Waals surface area (Å²) in [5, 5.41) is 0. The molecule has 0 saturated heterocycles. The van der Waals surface area contributed by atoms with Crippen LogP contribution in [0.3, 0.4) is 0 Å². The third kappa shape index (κ3) is 2.25. The summed E-state index contributed by atoms with van der Waals surface area (Å²) < 4.78 is 16.4. The van der Waals surface area contributed by atoms with Crippen LogP contribution in [0.2, 0.25) is 5.54 Å². The van der Waals surface area contributed by atoms with Crippen LogP contribution in [0.4, 0.5) is 0 Å². The second kappa shape index (κ2) is 5.07. The van der Waals surface area contributed by atoms with Crippen molar-refractivity contribution in [3.63, 3.8) is 0 Å².